The molecule has 0 N–H and O–H groups in total. The van der Waals surface area contributed by atoms with Crippen LogP contribution in [0.2, 0.25) is 0 Å². The Morgan fingerprint density at radius 3 is 2.61 bits per heavy atom. The predicted molar refractivity (Wildman–Crippen MR) is 67.9 cm³/mol. The maximum absolute atomic E-state index is 8.89. The molecule has 0 spiro atoms. The summed E-state index contributed by atoms with van der Waals surface area (Å²) in [5.74, 6) is 0.822. The van der Waals surface area contributed by atoms with E-state index in [-0.39, 0.29) is 0 Å². The molecule has 4 heteroatoms. The van der Waals surface area contributed by atoms with Crippen LogP contribution < -0.4 is 0 Å². The van der Waals surface area contributed by atoms with Crippen LogP contribution in [0.25, 0.3) is 0 Å². The summed E-state index contributed by atoms with van der Waals surface area (Å²) in [6, 6.07) is 2.75. The molecule has 0 amide bonds. The summed E-state index contributed by atoms with van der Waals surface area (Å²) in [6.45, 7) is 0. The monoisotopic (exact) mass is 244 g/mol. The first kappa shape index (κ1) is 11.7. The van der Waals surface area contributed by atoms with Crippen LogP contribution in [-0.4, -0.2) is 15.0 Å². The normalized spacial score (nSPS) is 20.8. The molecule has 2 aliphatic carbocycles. The summed E-state index contributed by atoms with van der Waals surface area (Å²) >= 11 is 0. The molecule has 18 heavy (non-hydrogen) atoms. The lowest BCUT2D eigenvalue weighted by Crippen LogP contribution is -2.17. The van der Waals surface area contributed by atoms with Gasteiger partial charge in [0, 0.05) is 0 Å². The molecule has 2 fully saturated rings. The molecule has 1 aromatic heterocycles. The number of nitrogens with zero attached hydrogens (tertiary/aromatic N) is 4. The second-order valence-corrected chi connectivity index (χ2v) is 5.70. The average molecular weight is 244 g/mol. The van der Waals surface area contributed by atoms with Crippen molar-refractivity contribution in [3.05, 3.63) is 11.4 Å². The quantitative estimate of drug-likeness (QED) is 0.818. The maximum atomic E-state index is 8.89. The minimum atomic E-state index is 0.411. The third kappa shape index (κ3) is 2.40. The molecule has 0 unspecified atom stereocenters. The van der Waals surface area contributed by atoms with Gasteiger partial charge in [-0.05, 0) is 38.0 Å². The summed E-state index contributed by atoms with van der Waals surface area (Å²) in [5, 5.41) is 17.5. The molecule has 0 aliphatic heterocycles. The lowest BCUT2D eigenvalue weighted by Gasteiger charge is -2.23. The number of aromatic nitrogens is 3. The van der Waals surface area contributed by atoms with Crippen molar-refractivity contribution in [3.63, 3.8) is 0 Å². The Balaban J connectivity index is 1.84. The molecule has 2 saturated carbocycles. The van der Waals surface area contributed by atoms with Gasteiger partial charge in [-0.2, -0.15) is 5.26 Å². The van der Waals surface area contributed by atoms with Crippen molar-refractivity contribution in [1.29, 1.82) is 5.26 Å². The van der Waals surface area contributed by atoms with Crippen LogP contribution in [0.4, 0.5) is 0 Å². The zero-order valence-electron chi connectivity index (χ0n) is 10.8. The van der Waals surface area contributed by atoms with Gasteiger partial charge in [-0.3, -0.25) is 0 Å². The van der Waals surface area contributed by atoms with E-state index in [0.717, 1.165) is 18.0 Å². The van der Waals surface area contributed by atoms with Gasteiger partial charge in [-0.1, -0.05) is 24.5 Å². The summed E-state index contributed by atoms with van der Waals surface area (Å²) in [4.78, 5) is 0. The molecule has 0 radical (unpaired) electrons. The minimum absolute atomic E-state index is 0.411. The average Bonchev–Trinajstić information content (AvgIpc) is 3.14. The van der Waals surface area contributed by atoms with Gasteiger partial charge in [-0.15, -0.1) is 5.10 Å². The van der Waals surface area contributed by atoms with Crippen molar-refractivity contribution in [2.24, 2.45) is 5.92 Å². The standard InChI is InChI=1S/C14H20N4/c15-9-8-13-14(10-11-6-7-11)18(17-16-13)12-4-2-1-3-5-12/h11-12H,1-8,10H2. The lowest BCUT2D eigenvalue weighted by atomic mass is 9.95. The van der Waals surface area contributed by atoms with E-state index in [2.05, 4.69) is 21.1 Å². The van der Waals surface area contributed by atoms with Gasteiger partial charge in [0.2, 0.25) is 0 Å². The van der Waals surface area contributed by atoms with Crippen LogP contribution in [0.5, 0.6) is 0 Å². The highest BCUT2D eigenvalue weighted by molar-refractivity contribution is 5.16. The van der Waals surface area contributed by atoms with Crippen LogP contribution >= 0.6 is 0 Å². The van der Waals surface area contributed by atoms with Crippen molar-refractivity contribution in [3.8, 4) is 6.07 Å². The van der Waals surface area contributed by atoms with E-state index in [4.69, 9.17) is 5.26 Å². The minimum Gasteiger partial charge on any atom is -0.246 e. The van der Waals surface area contributed by atoms with E-state index in [9.17, 15) is 0 Å². The molecule has 1 heterocycles. The molecule has 2 aliphatic rings. The molecule has 0 bridgehead atoms. The second-order valence-electron chi connectivity index (χ2n) is 5.70. The Labute approximate surface area is 108 Å². The third-order valence-corrected chi connectivity index (χ3v) is 4.22. The van der Waals surface area contributed by atoms with E-state index in [1.165, 1.54) is 50.6 Å². The Kier molecular flexibility index (Phi) is 3.31. The Bertz CT molecular complexity index is 447. The Morgan fingerprint density at radius 2 is 1.94 bits per heavy atom. The predicted octanol–water partition coefficient (Wildman–Crippen LogP) is 2.80. The zero-order valence-corrected chi connectivity index (χ0v) is 10.8. The first-order chi connectivity index (χ1) is 8.88. The molecule has 0 atom stereocenters. The van der Waals surface area contributed by atoms with Crippen molar-refractivity contribution in [2.75, 3.05) is 0 Å². The van der Waals surface area contributed by atoms with Gasteiger partial charge in [-0.25, -0.2) is 4.68 Å². The van der Waals surface area contributed by atoms with Crippen LogP contribution in [0.3, 0.4) is 0 Å². The summed E-state index contributed by atoms with van der Waals surface area (Å²) < 4.78 is 2.16. The zero-order chi connectivity index (χ0) is 12.4. The molecule has 96 valence electrons. The van der Waals surface area contributed by atoms with Gasteiger partial charge in [0.1, 0.15) is 0 Å². The Hall–Kier alpha value is -1.37. The van der Waals surface area contributed by atoms with Crippen LogP contribution in [-0.2, 0) is 12.8 Å². The largest absolute Gasteiger partial charge is 0.246 e. The molecule has 3 rings (SSSR count). The highest BCUT2D eigenvalue weighted by Crippen LogP contribution is 2.35. The van der Waals surface area contributed by atoms with Crippen LogP contribution in [0.15, 0.2) is 0 Å². The maximum Gasteiger partial charge on any atom is 0.0999 e. The number of hydrogen-bond acceptors (Lipinski definition) is 3. The van der Waals surface area contributed by atoms with Gasteiger partial charge < -0.3 is 0 Å². The topological polar surface area (TPSA) is 54.5 Å². The SMILES string of the molecule is N#CCc1nnn(C2CCCCC2)c1CC1CC1. The fraction of sp³-hybridized carbons (Fsp3) is 0.786. The first-order valence-corrected chi connectivity index (χ1v) is 7.18. The fourth-order valence-electron chi connectivity index (χ4n) is 2.98. The van der Waals surface area contributed by atoms with Crippen molar-refractivity contribution in [2.45, 2.75) is 63.8 Å². The lowest BCUT2D eigenvalue weighted by molar-refractivity contribution is 0.316. The first-order valence-electron chi connectivity index (χ1n) is 7.18. The van der Waals surface area contributed by atoms with E-state index in [1.54, 1.807) is 0 Å². The number of rotatable bonds is 4. The summed E-state index contributed by atoms with van der Waals surface area (Å²) in [6.07, 6.45) is 10.6. The molecule has 0 aromatic carbocycles. The fourth-order valence-corrected chi connectivity index (χ4v) is 2.98. The van der Waals surface area contributed by atoms with Crippen molar-refractivity contribution < 1.29 is 0 Å². The number of nitriles is 1. The van der Waals surface area contributed by atoms with E-state index in [1.807, 2.05) is 0 Å². The molecule has 0 saturated heterocycles. The van der Waals surface area contributed by atoms with Gasteiger partial charge in [0.25, 0.3) is 0 Å². The molecular weight excluding hydrogens is 224 g/mol. The van der Waals surface area contributed by atoms with Crippen LogP contribution in [0, 0.1) is 17.2 Å². The summed E-state index contributed by atoms with van der Waals surface area (Å²) in [7, 11) is 0. The van der Waals surface area contributed by atoms with Crippen molar-refractivity contribution >= 4 is 0 Å². The highest BCUT2D eigenvalue weighted by atomic mass is 15.4. The molecule has 1 aromatic rings. The second kappa shape index (κ2) is 5.09. The van der Waals surface area contributed by atoms with Gasteiger partial charge >= 0.3 is 0 Å². The highest BCUT2D eigenvalue weighted by Gasteiger charge is 2.28. The van der Waals surface area contributed by atoms with Crippen LogP contribution in [0.1, 0.15) is 62.4 Å². The van der Waals surface area contributed by atoms with Gasteiger partial charge in [0.05, 0.1) is 29.9 Å². The molecule has 4 nitrogen and oxygen atoms in total. The summed E-state index contributed by atoms with van der Waals surface area (Å²) in [5.41, 5.74) is 2.18. The molecular formula is C14H20N4. The smallest absolute Gasteiger partial charge is 0.0999 e. The van der Waals surface area contributed by atoms with E-state index in [0.29, 0.717) is 12.5 Å². The van der Waals surface area contributed by atoms with E-state index < -0.39 is 0 Å². The van der Waals surface area contributed by atoms with Gasteiger partial charge in [0.15, 0.2) is 0 Å². The Morgan fingerprint density at radius 1 is 1.17 bits per heavy atom. The number of hydrogen-bond donors (Lipinski definition) is 0. The van der Waals surface area contributed by atoms with Crippen molar-refractivity contribution in [1.82, 2.24) is 15.0 Å². The van der Waals surface area contributed by atoms with E-state index >= 15 is 0 Å². The third-order valence-electron chi connectivity index (χ3n) is 4.22.